The first-order chi connectivity index (χ1) is 7.57. The summed E-state index contributed by atoms with van der Waals surface area (Å²) in [4.78, 5) is 33.5. The fourth-order valence-corrected chi connectivity index (χ4v) is 3.24. The van der Waals surface area contributed by atoms with Crippen molar-refractivity contribution >= 4 is 29.1 Å². The number of nitrogens with zero attached hydrogens (tertiary/aromatic N) is 1. The highest BCUT2D eigenvalue weighted by Gasteiger charge is 2.54. The number of carboxylic acids is 1. The number of carbonyl (C=O) groups is 3. The molecule has 0 aromatic carbocycles. The molecule has 8 heteroatoms. The highest BCUT2D eigenvalue weighted by atomic mass is 32.2. The minimum absolute atomic E-state index is 0.0765. The molecule has 0 aromatic heterocycles. The van der Waals surface area contributed by atoms with Gasteiger partial charge in [-0.3, -0.25) is 18.7 Å². The number of carboxylic acid groups (broad SMARTS) is 1. The van der Waals surface area contributed by atoms with Gasteiger partial charge in [0.1, 0.15) is 17.1 Å². The summed E-state index contributed by atoms with van der Waals surface area (Å²) in [6.07, 6.45) is 1.60. The van der Waals surface area contributed by atoms with Gasteiger partial charge in [-0.05, 0) is 6.08 Å². The van der Waals surface area contributed by atoms with Gasteiger partial charge < -0.3 is 10.4 Å². The van der Waals surface area contributed by atoms with Crippen LogP contribution in [0.5, 0.6) is 0 Å². The Kier molecular flexibility index (Phi) is 2.50. The topological polar surface area (TPSA) is 104 Å². The first-order valence-corrected chi connectivity index (χ1v) is 5.79. The summed E-state index contributed by atoms with van der Waals surface area (Å²) in [7, 11) is -1.37. The smallest absolute Gasteiger partial charge is 0.352 e. The van der Waals surface area contributed by atoms with Crippen LogP contribution in [0.2, 0.25) is 0 Å². The number of amides is 2. The van der Waals surface area contributed by atoms with Crippen LogP contribution in [0.25, 0.3) is 0 Å². The Morgan fingerprint density at radius 3 is 2.94 bits per heavy atom. The molecular weight excluding hydrogens is 236 g/mol. The Balaban J connectivity index is 2.29. The van der Waals surface area contributed by atoms with E-state index in [0.717, 1.165) is 4.90 Å². The van der Waals surface area contributed by atoms with E-state index in [9.17, 15) is 18.6 Å². The molecule has 2 heterocycles. The number of rotatable bonds is 3. The van der Waals surface area contributed by atoms with E-state index in [0.29, 0.717) is 6.41 Å². The molecule has 2 aliphatic rings. The van der Waals surface area contributed by atoms with E-state index in [1.807, 2.05) is 0 Å². The molecule has 0 saturated carbocycles. The van der Waals surface area contributed by atoms with Gasteiger partial charge in [0.2, 0.25) is 6.41 Å². The van der Waals surface area contributed by atoms with Crippen LogP contribution in [0.15, 0.2) is 11.8 Å². The molecule has 3 atom stereocenters. The van der Waals surface area contributed by atoms with E-state index in [2.05, 4.69) is 5.32 Å². The second kappa shape index (κ2) is 3.71. The maximum absolute atomic E-state index is 11.6. The van der Waals surface area contributed by atoms with Crippen molar-refractivity contribution in [2.24, 2.45) is 0 Å². The van der Waals surface area contributed by atoms with E-state index in [4.69, 9.17) is 5.11 Å². The molecule has 0 bridgehead atoms. The van der Waals surface area contributed by atoms with Gasteiger partial charge in [0.05, 0.1) is 10.8 Å². The van der Waals surface area contributed by atoms with Crippen LogP contribution in [0.3, 0.4) is 0 Å². The Morgan fingerprint density at radius 1 is 1.69 bits per heavy atom. The van der Waals surface area contributed by atoms with Gasteiger partial charge >= 0.3 is 5.97 Å². The Hall–Kier alpha value is -1.70. The standard InChI is InChI=1S/C8H8N2O5S/c11-3-9-5-6(12)10-4(8(13)14)1-2-16(15)7(5)10/h1,3,5,7H,2H2,(H,9,11)(H,13,14)/t5?,7-,16?/m0/s1. The highest BCUT2D eigenvalue weighted by molar-refractivity contribution is 7.86. The maximum Gasteiger partial charge on any atom is 0.352 e. The summed E-state index contributed by atoms with van der Waals surface area (Å²) < 4.78 is 11.6. The van der Waals surface area contributed by atoms with Crippen molar-refractivity contribution in [1.29, 1.82) is 0 Å². The van der Waals surface area contributed by atoms with Crippen LogP contribution < -0.4 is 5.32 Å². The average Bonchev–Trinajstić information content (AvgIpc) is 2.25. The van der Waals surface area contributed by atoms with Gasteiger partial charge in [0.25, 0.3) is 5.91 Å². The van der Waals surface area contributed by atoms with Crippen molar-refractivity contribution < 1.29 is 23.7 Å². The van der Waals surface area contributed by atoms with E-state index in [-0.39, 0.29) is 11.4 Å². The molecule has 2 N–H and O–H groups in total. The number of fused-ring (bicyclic) bond motifs is 1. The van der Waals surface area contributed by atoms with Crippen molar-refractivity contribution in [2.75, 3.05) is 5.75 Å². The van der Waals surface area contributed by atoms with E-state index in [1.165, 1.54) is 6.08 Å². The van der Waals surface area contributed by atoms with E-state index >= 15 is 0 Å². The van der Waals surface area contributed by atoms with Gasteiger partial charge in [0.15, 0.2) is 0 Å². The lowest BCUT2D eigenvalue weighted by atomic mass is 10.1. The van der Waals surface area contributed by atoms with Crippen molar-refractivity contribution in [3.05, 3.63) is 11.8 Å². The van der Waals surface area contributed by atoms with Crippen LogP contribution in [-0.2, 0) is 25.2 Å². The van der Waals surface area contributed by atoms with Crippen LogP contribution >= 0.6 is 0 Å². The molecule has 2 unspecified atom stereocenters. The summed E-state index contributed by atoms with van der Waals surface area (Å²) in [5.41, 5.74) is -0.168. The first-order valence-electron chi connectivity index (χ1n) is 4.41. The average molecular weight is 244 g/mol. The minimum atomic E-state index is -1.37. The normalized spacial score (nSPS) is 32.2. The summed E-state index contributed by atoms with van der Waals surface area (Å²) in [5.74, 6) is -1.70. The molecule has 2 aliphatic heterocycles. The summed E-state index contributed by atoms with van der Waals surface area (Å²) in [5, 5.41) is 10.3. The number of β-lactam (4-membered cyclic amide) rings is 1. The summed E-state index contributed by atoms with van der Waals surface area (Å²) >= 11 is 0. The third-order valence-corrected chi connectivity index (χ3v) is 4.00. The van der Waals surface area contributed by atoms with Crippen LogP contribution in [0.1, 0.15) is 0 Å². The van der Waals surface area contributed by atoms with Gasteiger partial charge in [0, 0.05) is 5.75 Å². The number of aliphatic carboxylic acids is 1. The first kappa shape index (κ1) is 10.8. The molecule has 2 rings (SSSR count). The molecule has 2 amide bonds. The lowest BCUT2D eigenvalue weighted by Crippen LogP contribution is -2.72. The Bertz CT molecular complexity index is 432. The molecule has 1 fully saturated rings. The second-order valence-corrected chi connectivity index (χ2v) is 4.88. The van der Waals surface area contributed by atoms with Crippen molar-refractivity contribution in [3.8, 4) is 0 Å². The molecular formula is C8H8N2O5S. The zero-order valence-electron chi connectivity index (χ0n) is 7.95. The number of hydrogen-bond acceptors (Lipinski definition) is 4. The SMILES string of the molecule is O=CNC1C(=O)N2C(C(=O)O)=CCS(=O)[C@@H]12. The second-order valence-electron chi connectivity index (χ2n) is 3.30. The monoisotopic (exact) mass is 244 g/mol. The summed E-state index contributed by atoms with van der Waals surface area (Å²) in [6, 6.07) is -0.874. The van der Waals surface area contributed by atoms with Crippen molar-refractivity contribution in [3.63, 3.8) is 0 Å². The minimum Gasteiger partial charge on any atom is -0.477 e. The number of nitrogens with one attached hydrogen (secondary N) is 1. The Labute approximate surface area is 92.6 Å². The molecule has 16 heavy (non-hydrogen) atoms. The van der Waals surface area contributed by atoms with Gasteiger partial charge in [-0.25, -0.2) is 4.79 Å². The molecule has 0 spiro atoms. The van der Waals surface area contributed by atoms with E-state index in [1.54, 1.807) is 0 Å². The third-order valence-electron chi connectivity index (χ3n) is 2.48. The largest absolute Gasteiger partial charge is 0.477 e. The third kappa shape index (κ3) is 1.33. The van der Waals surface area contributed by atoms with Crippen molar-refractivity contribution in [2.45, 2.75) is 11.4 Å². The molecule has 1 saturated heterocycles. The Morgan fingerprint density at radius 2 is 2.38 bits per heavy atom. The lowest BCUT2D eigenvalue weighted by molar-refractivity contribution is -0.149. The zero-order valence-corrected chi connectivity index (χ0v) is 8.77. The number of carbonyl (C=O) groups excluding carboxylic acids is 2. The molecule has 0 aromatic rings. The van der Waals surface area contributed by atoms with Crippen LogP contribution in [0, 0.1) is 0 Å². The van der Waals surface area contributed by atoms with Gasteiger partial charge in [-0.15, -0.1) is 0 Å². The zero-order chi connectivity index (χ0) is 11.9. The highest BCUT2D eigenvalue weighted by Crippen LogP contribution is 2.31. The molecule has 0 radical (unpaired) electrons. The quantitative estimate of drug-likeness (QED) is 0.441. The molecule has 86 valence electrons. The van der Waals surface area contributed by atoms with E-state index < -0.39 is 34.1 Å². The molecule has 0 aliphatic carbocycles. The predicted molar refractivity (Wildman–Crippen MR) is 52.3 cm³/mol. The maximum atomic E-state index is 11.6. The molecule has 7 nitrogen and oxygen atoms in total. The van der Waals surface area contributed by atoms with Crippen molar-refractivity contribution in [1.82, 2.24) is 10.2 Å². The predicted octanol–water partition coefficient (Wildman–Crippen LogP) is -2.00. The lowest BCUT2D eigenvalue weighted by Gasteiger charge is -2.47. The fraction of sp³-hybridized carbons (Fsp3) is 0.375. The van der Waals surface area contributed by atoms with Gasteiger partial charge in [-0.2, -0.15) is 0 Å². The fourth-order valence-electron chi connectivity index (χ4n) is 1.76. The van der Waals surface area contributed by atoms with Crippen LogP contribution in [-0.4, -0.2) is 49.7 Å². The van der Waals surface area contributed by atoms with Gasteiger partial charge in [-0.1, -0.05) is 0 Å². The number of hydrogen-bond donors (Lipinski definition) is 2. The summed E-state index contributed by atoms with van der Waals surface area (Å²) in [6.45, 7) is 0. The van der Waals surface area contributed by atoms with Crippen LogP contribution in [0.4, 0.5) is 0 Å².